The van der Waals surface area contributed by atoms with Crippen molar-refractivity contribution >= 4 is 64.5 Å². The Bertz CT molecular complexity index is 3590. The van der Waals surface area contributed by atoms with Gasteiger partial charge >= 0.3 is 23.9 Å². The maximum atomic E-state index is 14.8. The molecule has 618 valence electrons. The first-order valence-electron chi connectivity index (χ1n) is 40.7. The van der Waals surface area contributed by atoms with E-state index in [0.717, 1.165) is 10.5 Å². The number of ether oxygens (including phenoxy) is 9. The highest BCUT2D eigenvalue weighted by atomic mass is 16.6. The lowest BCUT2D eigenvalue weighted by atomic mass is 9.51. The first kappa shape index (κ1) is 90.0. The van der Waals surface area contributed by atoms with E-state index in [-0.39, 0.29) is 111 Å². The number of cyclic esters (lactones) is 2. The summed E-state index contributed by atoms with van der Waals surface area (Å²) in [6.45, 7) is 19.9. The number of ketones is 6. The number of amides is 1. The molecule has 8 aliphatic rings. The lowest BCUT2D eigenvalue weighted by molar-refractivity contribution is -0.265. The molecule has 3 saturated carbocycles. The van der Waals surface area contributed by atoms with E-state index in [2.05, 4.69) is 4.90 Å². The molecule has 6 fully saturated rings. The number of aliphatic hydroxyl groups is 2. The van der Waals surface area contributed by atoms with E-state index in [1.807, 2.05) is 77.1 Å². The van der Waals surface area contributed by atoms with Crippen LogP contribution in [0.5, 0.6) is 0 Å². The number of hydrogen-bond acceptors (Lipinski definition) is 24. The van der Waals surface area contributed by atoms with Gasteiger partial charge in [0.2, 0.25) is 17.4 Å². The fourth-order valence-corrected chi connectivity index (χ4v) is 18.4. The zero-order valence-electron chi connectivity index (χ0n) is 68.8. The summed E-state index contributed by atoms with van der Waals surface area (Å²) in [5.74, 6) is -14.2. The molecule has 0 aromatic rings. The third-order valence-corrected chi connectivity index (χ3v) is 25.4. The molecule has 2 bridgehead atoms. The van der Waals surface area contributed by atoms with E-state index in [9.17, 15) is 63.0 Å². The Balaban J connectivity index is 0.918. The molecule has 3 saturated heterocycles. The fraction of sp³-hybridized carbons (Fsp3) is 0.733. The Labute approximate surface area is 656 Å². The summed E-state index contributed by atoms with van der Waals surface area (Å²) in [4.78, 5) is 163. The number of rotatable bonds is 23. The van der Waals surface area contributed by atoms with Crippen LogP contribution in [0, 0.1) is 58.2 Å². The smallest absolute Gasteiger partial charge is 0.329 e. The maximum Gasteiger partial charge on any atom is 0.329 e. The van der Waals surface area contributed by atoms with Gasteiger partial charge in [-0.25, -0.2) is 4.79 Å². The van der Waals surface area contributed by atoms with Crippen LogP contribution >= 0.6 is 0 Å². The SMILES string of the molecule is CCN(CCN(C)C)CC1C(=O)O[C@H](COC)[C@]2(C)C3=C(OC(=O)CCCCCCC(=O)O[C@@H]4CCC(C[C@@H](C)[C@@H]5CC(=O)C(C)=CC(C)[C@@H](O)[C@@H](OC)C(=O)[C@H](C)C[C@H](C)C=CC=CC=C(C)[C@@H](OC)C[C@@H]6CC[C@@H](C)[C@@](O)(O6)C(=O)C(=O)N6CCCC[C@H]6C(=O)O5)C[C@H]4OC)C[C@]4(C)C(=O)CCC4=C3C(=O)C(=O)C12. The van der Waals surface area contributed by atoms with Crippen molar-refractivity contribution in [1.82, 2.24) is 14.7 Å². The first-order chi connectivity index (χ1) is 52.6. The highest BCUT2D eigenvalue weighted by molar-refractivity contribution is 6.47. The molecule has 0 spiro atoms. The van der Waals surface area contributed by atoms with Gasteiger partial charge < -0.3 is 67.5 Å². The average molecular weight is 1550 g/mol. The number of carbonyl (C=O) groups is 11. The van der Waals surface area contributed by atoms with E-state index in [1.165, 1.54) is 14.2 Å². The number of Topliss-reactive ketones (excluding diaryl/α,β-unsaturated/α-hetero) is 6. The van der Waals surface area contributed by atoms with Crippen molar-refractivity contribution < 1.29 is 106 Å². The van der Waals surface area contributed by atoms with Gasteiger partial charge in [0.1, 0.15) is 42.0 Å². The Hall–Kier alpha value is -6.55. The summed E-state index contributed by atoms with van der Waals surface area (Å²) in [5, 5.41) is 23.9. The highest BCUT2D eigenvalue weighted by Crippen LogP contribution is 2.62. The van der Waals surface area contributed by atoms with Crippen LogP contribution in [0.4, 0.5) is 0 Å². The van der Waals surface area contributed by atoms with Crippen molar-refractivity contribution in [2.45, 2.75) is 265 Å². The number of hydrogen-bond donors (Lipinski definition) is 2. The molecule has 4 aliphatic heterocycles. The minimum absolute atomic E-state index is 0.0205. The van der Waals surface area contributed by atoms with Crippen molar-refractivity contribution in [2.24, 2.45) is 58.2 Å². The molecule has 0 aromatic carbocycles. The molecule has 25 heteroatoms. The topological polar surface area (TPSA) is 321 Å². The fourth-order valence-electron chi connectivity index (χ4n) is 18.4. The number of esters is 4. The van der Waals surface area contributed by atoms with Crippen LogP contribution in [-0.2, 0) is 95.4 Å². The summed E-state index contributed by atoms with van der Waals surface area (Å²) in [7, 11) is 9.81. The molecule has 111 heavy (non-hydrogen) atoms. The molecular weight excluding hydrogens is 1430 g/mol. The van der Waals surface area contributed by atoms with Crippen molar-refractivity contribution in [1.29, 1.82) is 0 Å². The second kappa shape index (κ2) is 40.2. The number of fused-ring (bicyclic) bond motifs is 7. The number of aliphatic hydroxyl groups excluding tert-OH is 1. The number of nitrogens with zero attached hydrogens (tertiary/aromatic N) is 3. The highest BCUT2D eigenvalue weighted by Gasteiger charge is 2.67. The third-order valence-electron chi connectivity index (χ3n) is 25.4. The minimum Gasteiger partial charge on any atom is -0.460 e. The summed E-state index contributed by atoms with van der Waals surface area (Å²) in [6, 6.07) is -1.24. The first-order valence-corrected chi connectivity index (χ1v) is 40.7. The maximum absolute atomic E-state index is 14.8. The number of carbonyl (C=O) groups excluding carboxylic acids is 11. The lowest BCUT2D eigenvalue weighted by Crippen LogP contribution is -2.64. The van der Waals surface area contributed by atoms with Crippen LogP contribution in [0.1, 0.15) is 204 Å². The van der Waals surface area contributed by atoms with E-state index in [1.54, 1.807) is 61.8 Å². The van der Waals surface area contributed by atoms with Gasteiger partial charge in [0.15, 0.2) is 11.6 Å². The number of likely N-dealkylation sites (N-methyl/N-ethyl adjacent to an activating group) is 2. The van der Waals surface area contributed by atoms with Crippen molar-refractivity contribution in [3.8, 4) is 0 Å². The average Bonchev–Trinajstić information content (AvgIpc) is 1.58. The van der Waals surface area contributed by atoms with Crippen LogP contribution < -0.4 is 0 Å². The summed E-state index contributed by atoms with van der Waals surface area (Å²) < 4.78 is 54.4. The zero-order chi connectivity index (χ0) is 81.6. The summed E-state index contributed by atoms with van der Waals surface area (Å²) in [5.41, 5.74) is -0.530. The van der Waals surface area contributed by atoms with Crippen molar-refractivity contribution in [3.05, 3.63) is 70.1 Å². The monoisotopic (exact) mass is 1550 g/mol. The van der Waals surface area contributed by atoms with Crippen LogP contribution in [-0.4, -0.2) is 232 Å². The third kappa shape index (κ3) is 21.1. The van der Waals surface area contributed by atoms with E-state index in [0.29, 0.717) is 114 Å². The molecule has 0 radical (unpaired) electrons. The summed E-state index contributed by atoms with van der Waals surface area (Å²) in [6.07, 6.45) is 11.0. The largest absolute Gasteiger partial charge is 0.460 e. The molecule has 8 rings (SSSR count). The Morgan fingerprint density at radius 2 is 1.50 bits per heavy atom. The predicted octanol–water partition coefficient (Wildman–Crippen LogP) is 9.78. The molecule has 4 aliphatic carbocycles. The van der Waals surface area contributed by atoms with Crippen molar-refractivity contribution in [3.63, 3.8) is 0 Å². The van der Waals surface area contributed by atoms with Gasteiger partial charge in [0.05, 0.1) is 48.3 Å². The van der Waals surface area contributed by atoms with Gasteiger partial charge in [0.25, 0.3) is 11.7 Å². The van der Waals surface area contributed by atoms with Crippen LogP contribution in [0.3, 0.4) is 0 Å². The molecule has 4 heterocycles. The Morgan fingerprint density at radius 1 is 0.784 bits per heavy atom. The van der Waals surface area contributed by atoms with E-state index in [4.69, 9.17) is 42.6 Å². The quantitative estimate of drug-likeness (QED) is 0.0416. The standard InChI is InChI=1S/C86H127N3O22/c1-17-88(40-39-87(11)12)48-59-73-78(97)77(96)72-60-35-37-68(91)84(60,9)47-67(74(72)85(73,10)69(49-103-13)110-82(59)100)108-71(93)31-24-19-18-23-30-70(92)107-63-36-33-57(44-66(63)105-15)43-53(5)65-46-62(90)52(4)42-55(7)76(95)79(106-16)75(94)54(6)41-50(2)27-21-20-22-28-51(3)64(104-14)45-58-34-32-56(8)86(102,111-58)80(98)81(99)89-38-26-25-29-61(89)83(101)109-65/h20-22,27-28,42,50,53-59,61,63-66,69,73,76,79,95,102H,17-19,23-26,29-41,43-49H2,1-16H3/t50-,53-,54-,55?,56-,57?,58+,59?,61+,63-,64+,65+,66-,69-,73?,76-,79+,84+,85+,86-/m1/s1. The molecule has 0 aromatic heterocycles. The van der Waals surface area contributed by atoms with Crippen LogP contribution in [0.25, 0.3) is 0 Å². The van der Waals surface area contributed by atoms with Crippen LogP contribution in [0.2, 0.25) is 0 Å². The number of piperidine rings is 1. The van der Waals surface area contributed by atoms with Gasteiger partial charge in [-0.15, -0.1) is 0 Å². The molecule has 2 N–H and O–H groups in total. The van der Waals surface area contributed by atoms with Gasteiger partial charge in [0, 0.05) is 127 Å². The molecule has 25 nitrogen and oxygen atoms in total. The Morgan fingerprint density at radius 3 is 2.16 bits per heavy atom. The molecule has 4 unspecified atom stereocenters. The van der Waals surface area contributed by atoms with E-state index < -0.39 is 160 Å². The van der Waals surface area contributed by atoms with Crippen molar-refractivity contribution in [2.75, 3.05) is 81.9 Å². The Kier molecular flexibility index (Phi) is 32.6. The van der Waals surface area contributed by atoms with Gasteiger partial charge in [-0.05, 0) is 159 Å². The number of methoxy groups -OCH3 is 4. The molecular formula is C86H127N3O22. The van der Waals surface area contributed by atoms with Crippen LogP contribution in [0.15, 0.2) is 70.1 Å². The molecule has 1 amide bonds. The predicted molar refractivity (Wildman–Crippen MR) is 411 cm³/mol. The molecule has 20 atom stereocenters. The number of allylic oxidation sites excluding steroid dienone is 9. The van der Waals surface area contributed by atoms with Gasteiger partial charge in [-0.2, -0.15) is 0 Å². The zero-order valence-corrected chi connectivity index (χ0v) is 68.8. The lowest BCUT2D eigenvalue weighted by Gasteiger charge is -2.54. The van der Waals surface area contributed by atoms with E-state index >= 15 is 0 Å². The second-order valence-corrected chi connectivity index (χ2v) is 33.7. The minimum atomic E-state index is -2.50. The van der Waals surface area contributed by atoms with Gasteiger partial charge in [-0.1, -0.05) is 97.8 Å². The normalized spacial score (nSPS) is 34.4. The van der Waals surface area contributed by atoms with Gasteiger partial charge in [-0.3, -0.25) is 47.9 Å². The number of unbranched alkanes of at least 4 members (excludes halogenated alkanes) is 3. The summed E-state index contributed by atoms with van der Waals surface area (Å²) >= 11 is 0. The second-order valence-electron chi connectivity index (χ2n) is 33.7.